The number of anilines is 2. The lowest BCUT2D eigenvalue weighted by Crippen LogP contribution is -2.21. The molecule has 4 heterocycles. The highest BCUT2D eigenvalue weighted by molar-refractivity contribution is 8.24. The molecule has 21 heteroatoms. The topological polar surface area (TPSA) is 145 Å². The number of hydrogen-bond donors (Lipinski definition) is 3. The van der Waals surface area contributed by atoms with Gasteiger partial charge < -0.3 is 25.4 Å². The third-order valence-corrected chi connectivity index (χ3v) is 7.92. The van der Waals surface area contributed by atoms with E-state index in [0.29, 0.717) is 44.6 Å². The monoisotopic (exact) mass is 892 g/mol. The molecule has 0 fully saturated rings. The van der Waals surface area contributed by atoms with Gasteiger partial charge in [0.2, 0.25) is 0 Å². The van der Waals surface area contributed by atoms with Gasteiger partial charge in [0.25, 0.3) is 5.56 Å². The number of hydrogen-bond acceptors (Lipinski definition) is 11. The third-order valence-electron chi connectivity index (χ3n) is 7.17. The number of benzene rings is 2. The summed E-state index contributed by atoms with van der Waals surface area (Å²) in [4.78, 5) is 40.6. The molecule has 12 nitrogen and oxygen atoms in total. The molecule has 0 atom stereocenters. The van der Waals surface area contributed by atoms with Gasteiger partial charge in [0.1, 0.15) is 34.2 Å². The van der Waals surface area contributed by atoms with Crippen molar-refractivity contribution in [3.8, 4) is 22.8 Å². The van der Waals surface area contributed by atoms with Crippen molar-refractivity contribution in [1.29, 1.82) is 0 Å². The SMILES string of the molecule is CN(C)CCNc1ccc2c(=O)[nH]c(-c3cc(Cl)ccc3F)nc2n1.CN(C)CCNc1ccc2c(Cl)nc(-c3cc(Cl)ccc3F)nc2n1.O=P(Cl)(Cl)Cl. The maximum absolute atomic E-state index is 14.1. The van der Waals surface area contributed by atoms with Crippen LogP contribution in [0.4, 0.5) is 20.4 Å². The van der Waals surface area contributed by atoms with E-state index >= 15 is 0 Å². The van der Waals surface area contributed by atoms with Crippen LogP contribution in [0.5, 0.6) is 0 Å². The van der Waals surface area contributed by atoms with Gasteiger partial charge in [-0.2, -0.15) is 0 Å². The van der Waals surface area contributed by atoms with Crippen LogP contribution >= 0.6 is 73.7 Å². The maximum atomic E-state index is 14.1. The van der Waals surface area contributed by atoms with Crippen LogP contribution in [0.15, 0.2) is 65.5 Å². The largest absolute Gasteiger partial charge is 0.369 e. The summed E-state index contributed by atoms with van der Waals surface area (Å²) in [6.07, 6.45) is 0. The number of halogens is 8. The molecule has 2 aromatic carbocycles. The van der Waals surface area contributed by atoms with Gasteiger partial charge in [-0.1, -0.05) is 34.8 Å². The Labute approximate surface area is 344 Å². The summed E-state index contributed by atoms with van der Waals surface area (Å²) in [5.41, 5.74) is 0.562. The summed E-state index contributed by atoms with van der Waals surface area (Å²) < 4.78 is 37.7. The normalized spacial score (nSPS) is 11.3. The van der Waals surface area contributed by atoms with Crippen molar-refractivity contribution in [1.82, 2.24) is 39.7 Å². The van der Waals surface area contributed by atoms with Crippen molar-refractivity contribution >= 4 is 107 Å². The third kappa shape index (κ3) is 13.9. The summed E-state index contributed by atoms with van der Waals surface area (Å²) in [6, 6.07) is 15.2. The van der Waals surface area contributed by atoms with Crippen molar-refractivity contribution in [3.63, 3.8) is 0 Å². The summed E-state index contributed by atoms with van der Waals surface area (Å²) in [5, 5.41) is 5.06. The molecule has 0 spiro atoms. The number of H-pyrrole nitrogens is 1. The van der Waals surface area contributed by atoms with Crippen molar-refractivity contribution in [2.45, 2.75) is 0 Å². The summed E-state index contributed by atoms with van der Waals surface area (Å²) in [6.45, 7) is 3.13. The second kappa shape index (κ2) is 20.1. The lowest BCUT2D eigenvalue weighted by Gasteiger charge is -2.11. The molecule has 0 saturated heterocycles. The number of fused-ring (bicyclic) bond motifs is 2. The molecule has 0 radical (unpaired) electrons. The summed E-state index contributed by atoms with van der Waals surface area (Å²) in [7, 11) is 7.94. The van der Waals surface area contributed by atoms with Crippen LogP contribution in [-0.2, 0) is 4.57 Å². The first kappa shape index (κ1) is 44.3. The lowest BCUT2D eigenvalue weighted by molar-refractivity contribution is 0.425. The van der Waals surface area contributed by atoms with E-state index in [1.165, 1.54) is 36.4 Å². The molecule has 0 saturated carbocycles. The summed E-state index contributed by atoms with van der Waals surface area (Å²) >= 11 is 31.9. The van der Waals surface area contributed by atoms with Crippen LogP contribution < -0.4 is 16.2 Å². The molecule has 55 heavy (non-hydrogen) atoms. The van der Waals surface area contributed by atoms with Crippen LogP contribution in [0.25, 0.3) is 44.8 Å². The highest BCUT2D eigenvalue weighted by Gasteiger charge is 2.15. The molecule has 0 bridgehead atoms. The van der Waals surface area contributed by atoms with E-state index in [1.54, 1.807) is 18.2 Å². The van der Waals surface area contributed by atoms with E-state index in [0.717, 1.165) is 19.6 Å². The first-order chi connectivity index (χ1) is 25.9. The Balaban J connectivity index is 0.000000218. The van der Waals surface area contributed by atoms with Crippen LogP contribution in [0.3, 0.4) is 0 Å². The van der Waals surface area contributed by atoms with Crippen LogP contribution in [-0.4, -0.2) is 94.1 Å². The van der Waals surface area contributed by atoms with Crippen molar-refractivity contribution < 1.29 is 13.3 Å². The Hall–Kier alpha value is -3.43. The Bertz CT molecular complexity index is 2380. The fourth-order valence-corrected chi connectivity index (χ4v) is 5.17. The van der Waals surface area contributed by atoms with Crippen LogP contribution in [0, 0.1) is 11.6 Å². The van der Waals surface area contributed by atoms with E-state index in [1.807, 2.05) is 39.2 Å². The van der Waals surface area contributed by atoms with Gasteiger partial charge in [-0.25, -0.2) is 33.7 Å². The number of aromatic nitrogens is 6. The smallest absolute Gasteiger partial charge is 0.339 e. The minimum atomic E-state index is -3.22. The summed E-state index contributed by atoms with van der Waals surface area (Å²) in [5.74, 6) is 0.518. The van der Waals surface area contributed by atoms with Crippen molar-refractivity contribution in [3.05, 3.63) is 97.9 Å². The molecule has 0 amide bonds. The average Bonchev–Trinajstić information content (AvgIpc) is 3.09. The number of nitrogens with one attached hydrogen (secondary N) is 3. The van der Waals surface area contributed by atoms with Crippen LogP contribution in [0.2, 0.25) is 15.2 Å². The van der Waals surface area contributed by atoms with Crippen molar-refractivity contribution in [2.75, 3.05) is 65.0 Å². The number of likely N-dealkylation sites (N-methyl/N-ethyl adjacent to an activating group) is 2. The number of aromatic amines is 1. The molecular formula is C34H33Cl6F2N10O2P. The molecule has 6 rings (SSSR count). The number of pyridine rings is 2. The van der Waals surface area contributed by atoms with Gasteiger partial charge in [-0.3, -0.25) is 9.36 Å². The molecule has 292 valence electrons. The predicted octanol–water partition coefficient (Wildman–Crippen LogP) is 9.67. The van der Waals surface area contributed by atoms with Gasteiger partial charge in [0, 0.05) is 36.2 Å². The van der Waals surface area contributed by atoms with E-state index in [9.17, 15) is 18.1 Å². The van der Waals surface area contributed by atoms with Gasteiger partial charge in [0.15, 0.2) is 17.1 Å². The Morgan fingerprint density at radius 2 is 1.15 bits per heavy atom. The molecule has 3 N–H and O–H groups in total. The molecule has 4 aromatic heterocycles. The molecule has 6 aromatic rings. The van der Waals surface area contributed by atoms with Gasteiger partial charge in [-0.05, 0) is 123 Å². The quantitative estimate of drug-likeness (QED) is 0.0893. The standard InChI is InChI=1S/C17H16Cl2FN5.C17H17ClFN5O.Cl3OP/c1-25(2)8-7-21-14-6-4-11-15(19)23-17(24-16(11)22-14)12-9-10(18)3-5-13(12)20;1-24(2)8-7-20-14-6-4-11-15(21-14)22-16(23-17(11)25)12-9-10(18)3-5-13(12)19;1-5(2,3)4/h3-6,9H,7-8H2,1-2H3,(H,21,22,23,24);3-6,9H,7-8H2,1-2H3,(H2,20,21,22,23,25);. The zero-order valence-corrected chi connectivity index (χ0v) is 34.9. The van der Waals surface area contributed by atoms with Crippen molar-refractivity contribution in [2.24, 2.45) is 0 Å². The molecule has 0 aliphatic rings. The lowest BCUT2D eigenvalue weighted by atomic mass is 10.2. The average molecular weight is 895 g/mol. The fraction of sp³-hybridized carbons (Fsp3) is 0.235. The fourth-order valence-electron chi connectivity index (χ4n) is 4.60. The molecule has 0 unspecified atom stereocenters. The Morgan fingerprint density at radius 3 is 1.67 bits per heavy atom. The molecule has 0 aliphatic carbocycles. The molecular weight excluding hydrogens is 862 g/mol. The highest BCUT2D eigenvalue weighted by Crippen LogP contribution is 2.61. The second-order valence-corrected chi connectivity index (χ2v) is 19.9. The van der Waals surface area contributed by atoms with E-state index < -0.39 is 16.8 Å². The minimum Gasteiger partial charge on any atom is -0.369 e. The zero-order valence-electron chi connectivity index (χ0n) is 29.5. The predicted molar refractivity (Wildman–Crippen MR) is 223 cm³/mol. The van der Waals surface area contributed by atoms with E-state index in [4.69, 9.17) is 34.8 Å². The number of rotatable bonds is 10. The second-order valence-electron chi connectivity index (χ2n) is 12.0. The van der Waals surface area contributed by atoms with Gasteiger partial charge >= 0.3 is 5.20 Å². The maximum Gasteiger partial charge on any atom is 0.339 e. The Kier molecular flexibility index (Phi) is 16.2. The highest BCUT2D eigenvalue weighted by atomic mass is 36.0. The minimum absolute atomic E-state index is 0.0930. The number of nitrogens with zero attached hydrogens (tertiary/aromatic N) is 7. The van der Waals surface area contributed by atoms with E-state index in [-0.39, 0.29) is 39.1 Å². The first-order valence-electron chi connectivity index (χ1n) is 16.0. The van der Waals surface area contributed by atoms with Crippen LogP contribution in [0.1, 0.15) is 0 Å². The van der Waals surface area contributed by atoms with Gasteiger partial charge in [-0.15, -0.1) is 0 Å². The van der Waals surface area contributed by atoms with Gasteiger partial charge in [0.05, 0.1) is 21.9 Å². The molecule has 0 aliphatic heterocycles. The first-order valence-corrected chi connectivity index (χ1v) is 21.6. The van der Waals surface area contributed by atoms with E-state index in [2.05, 4.69) is 79.2 Å². The Morgan fingerprint density at radius 1 is 0.673 bits per heavy atom. The zero-order chi connectivity index (χ0) is 40.4.